The Morgan fingerprint density at radius 2 is 1.48 bits per heavy atom. The van der Waals surface area contributed by atoms with Gasteiger partial charge in [0, 0.05) is 31.0 Å². The summed E-state index contributed by atoms with van der Waals surface area (Å²) in [5.41, 5.74) is 2.98. The third-order valence-corrected chi connectivity index (χ3v) is 3.80. The van der Waals surface area contributed by atoms with Gasteiger partial charge in [-0.2, -0.15) is 0 Å². The fourth-order valence-corrected chi connectivity index (χ4v) is 2.53. The molecule has 0 fully saturated rings. The Morgan fingerprint density at radius 3 is 2.17 bits per heavy atom. The van der Waals surface area contributed by atoms with E-state index in [4.69, 9.17) is 0 Å². The van der Waals surface area contributed by atoms with Crippen LogP contribution in [0.3, 0.4) is 0 Å². The van der Waals surface area contributed by atoms with E-state index in [0.717, 1.165) is 24.1 Å². The minimum Gasteiger partial charge on any atom is -0.354 e. The summed E-state index contributed by atoms with van der Waals surface area (Å²) in [6.45, 7) is 1.59. The number of aryl methyl sites for hydroxylation is 1. The van der Waals surface area contributed by atoms with Crippen LogP contribution in [0.4, 0.5) is 0 Å². The molecule has 0 bridgehead atoms. The summed E-state index contributed by atoms with van der Waals surface area (Å²) in [4.78, 5) is 12.1. The number of hydrogen-bond acceptors (Lipinski definition) is 1. The SMILES string of the molecule is O=C(NCCCn1cccc1)c1ccc(-c2ccccc2)cc1. The molecular formula is C20H20N2O. The van der Waals surface area contributed by atoms with Gasteiger partial charge in [0.25, 0.3) is 5.91 Å². The van der Waals surface area contributed by atoms with Crippen LogP contribution in [-0.2, 0) is 6.54 Å². The van der Waals surface area contributed by atoms with E-state index in [1.807, 2.05) is 67.0 Å². The molecule has 3 rings (SSSR count). The van der Waals surface area contributed by atoms with Crippen LogP contribution in [0.1, 0.15) is 16.8 Å². The molecule has 0 saturated carbocycles. The predicted octanol–water partition coefficient (Wildman–Crippen LogP) is 3.98. The van der Waals surface area contributed by atoms with E-state index in [0.29, 0.717) is 12.1 Å². The zero-order chi connectivity index (χ0) is 15.9. The monoisotopic (exact) mass is 304 g/mol. The van der Waals surface area contributed by atoms with Crippen LogP contribution in [0.2, 0.25) is 0 Å². The normalized spacial score (nSPS) is 10.4. The second-order valence-electron chi connectivity index (χ2n) is 5.47. The van der Waals surface area contributed by atoms with E-state index in [1.165, 1.54) is 0 Å². The zero-order valence-corrected chi connectivity index (χ0v) is 13.0. The van der Waals surface area contributed by atoms with Gasteiger partial charge in [0.05, 0.1) is 0 Å². The van der Waals surface area contributed by atoms with Crippen molar-refractivity contribution in [1.29, 1.82) is 0 Å². The summed E-state index contributed by atoms with van der Waals surface area (Å²) >= 11 is 0. The minimum absolute atomic E-state index is 0.0166. The highest BCUT2D eigenvalue weighted by molar-refractivity contribution is 5.94. The van der Waals surface area contributed by atoms with Gasteiger partial charge in [-0.05, 0) is 41.8 Å². The van der Waals surface area contributed by atoms with Crippen molar-refractivity contribution in [2.24, 2.45) is 0 Å². The lowest BCUT2D eigenvalue weighted by Gasteiger charge is -2.07. The van der Waals surface area contributed by atoms with Gasteiger partial charge in [0.1, 0.15) is 0 Å². The van der Waals surface area contributed by atoms with E-state index in [9.17, 15) is 4.79 Å². The molecule has 0 unspecified atom stereocenters. The van der Waals surface area contributed by atoms with Crippen LogP contribution in [-0.4, -0.2) is 17.0 Å². The van der Waals surface area contributed by atoms with Gasteiger partial charge < -0.3 is 9.88 Å². The molecule has 1 N–H and O–H groups in total. The lowest BCUT2D eigenvalue weighted by molar-refractivity contribution is 0.0953. The Labute approximate surface area is 136 Å². The van der Waals surface area contributed by atoms with Crippen molar-refractivity contribution in [2.45, 2.75) is 13.0 Å². The van der Waals surface area contributed by atoms with Gasteiger partial charge in [-0.1, -0.05) is 42.5 Å². The topological polar surface area (TPSA) is 34.0 Å². The second-order valence-corrected chi connectivity index (χ2v) is 5.47. The van der Waals surface area contributed by atoms with Crippen molar-refractivity contribution >= 4 is 5.91 Å². The molecule has 1 aromatic heterocycles. The highest BCUT2D eigenvalue weighted by Gasteiger charge is 2.05. The number of rotatable bonds is 6. The maximum absolute atomic E-state index is 12.1. The van der Waals surface area contributed by atoms with E-state index in [-0.39, 0.29) is 5.91 Å². The molecule has 0 aliphatic rings. The summed E-state index contributed by atoms with van der Waals surface area (Å²) in [7, 11) is 0. The Balaban J connectivity index is 1.51. The summed E-state index contributed by atoms with van der Waals surface area (Å²) in [5, 5.41) is 2.97. The van der Waals surface area contributed by atoms with Crippen LogP contribution in [0.5, 0.6) is 0 Å². The van der Waals surface area contributed by atoms with Gasteiger partial charge >= 0.3 is 0 Å². The first-order valence-electron chi connectivity index (χ1n) is 7.87. The van der Waals surface area contributed by atoms with Gasteiger partial charge in [0.15, 0.2) is 0 Å². The second kappa shape index (κ2) is 7.45. The van der Waals surface area contributed by atoms with E-state index in [2.05, 4.69) is 22.0 Å². The van der Waals surface area contributed by atoms with Crippen LogP contribution in [0.15, 0.2) is 79.1 Å². The van der Waals surface area contributed by atoms with Gasteiger partial charge in [-0.3, -0.25) is 4.79 Å². The predicted molar refractivity (Wildman–Crippen MR) is 93.3 cm³/mol. The highest BCUT2D eigenvalue weighted by atomic mass is 16.1. The molecule has 0 atom stereocenters. The smallest absolute Gasteiger partial charge is 0.251 e. The maximum Gasteiger partial charge on any atom is 0.251 e. The number of nitrogens with zero attached hydrogens (tertiary/aromatic N) is 1. The van der Waals surface area contributed by atoms with Crippen molar-refractivity contribution < 1.29 is 4.79 Å². The van der Waals surface area contributed by atoms with Crippen molar-refractivity contribution in [3.8, 4) is 11.1 Å². The lowest BCUT2D eigenvalue weighted by atomic mass is 10.0. The zero-order valence-electron chi connectivity index (χ0n) is 13.0. The Morgan fingerprint density at radius 1 is 0.826 bits per heavy atom. The molecular weight excluding hydrogens is 284 g/mol. The highest BCUT2D eigenvalue weighted by Crippen LogP contribution is 2.19. The molecule has 3 heteroatoms. The van der Waals surface area contributed by atoms with Crippen molar-refractivity contribution in [3.05, 3.63) is 84.7 Å². The molecule has 23 heavy (non-hydrogen) atoms. The quantitative estimate of drug-likeness (QED) is 0.687. The van der Waals surface area contributed by atoms with Crippen LogP contribution in [0.25, 0.3) is 11.1 Å². The average Bonchev–Trinajstić information content (AvgIpc) is 3.13. The largest absolute Gasteiger partial charge is 0.354 e. The number of carbonyl (C=O) groups is 1. The summed E-state index contributed by atoms with van der Waals surface area (Å²) < 4.78 is 2.11. The minimum atomic E-state index is -0.0166. The maximum atomic E-state index is 12.1. The fourth-order valence-electron chi connectivity index (χ4n) is 2.53. The first-order valence-corrected chi connectivity index (χ1v) is 7.87. The Kier molecular flexibility index (Phi) is 4.89. The van der Waals surface area contributed by atoms with Crippen molar-refractivity contribution in [1.82, 2.24) is 9.88 Å². The van der Waals surface area contributed by atoms with Gasteiger partial charge in [-0.15, -0.1) is 0 Å². The number of nitrogens with one attached hydrogen (secondary N) is 1. The standard InChI is InChI=1S/C20H20N2O/c23-20(21-13-6-16-22-14-4-5-15-22)19-11-9-18(10-12-19)17-7-2-1-3-8-17/h1-5,7-12,14-15H,6,13,16H2,(H,21,23). The first kappa shape index (κ1) is 15.1. The number of amides is 1. The summed E-state index contributed by atoms with van der Waals surface area (Å²) in [5.74, 6) is -0.0166. The molecule has 1 heterocycles. The van der Waals surface area contributed by atoms with Crippen molar-refractivity contribution in [3.63, 3.8) is 0 Å². The molecule has 0 aliphatic carbocycles. The molecule has 3 nitrogen and oxygen atoms in total. The summed E-state index contributed by atoms with van der Waals surface area (Å²) in [6, 6.07) is 21.9. The van der Waals surface area contributed by atoms with Crippen LogP contribution >= 0.6 is 0 Å². The molecule has 0 spiro atoms. The average molecular weight is 304 g/mol. The third kappa shape index (κ3) is 4.10. The van der Waals surface area contributed by atoms with Crippen LogP contribution in [0, 0.1) is 0 Å². The van der Waals surface area contributed by atoms with Gasteiger partial charge in [-0.25, -0.2) is 0 Å². The first-order chi connectivity index (χ1) is 11.3. The number of carbonyl (C=O) groups excluding carboxylic acids is 1. The van der Waals surface area contributed by atoms with E-state index < -0.39 is 0 Å². The number of aromatic nitrogens is 1. The van der Waals surface area contributed by atoms with Crippen LogP contribution < -0.4 is 5.32 Å². The summed E-state index contributed by atoms with van der Waals surface area (Å²) in [6.07, 6.45) is 4.98. The van der Waals surface area contributed by atoms with E-state index >= 15 is 0 Å². The van der Waals surface area contributed by atoms with Gasteiger partial charge in [0.2, 0.25) is 0 Å². The Bertz CT molecular complexity index is 731. The molecule has 1 amide bonds. The number of hydrogen-bond donors (Lipinski definition) is 1. The fraction of sp³-hybridized carbons (Fsp3) is 0.150. The molecule has 116 valence electrons. The Hall–Kier alpha value is -2.81. The molecule has 3 aromatic rings. The van der Waals surface area contributed by atoms with E-state index in [1.54, 1.807) is 0 Å². The van der Waals surface area contributed by atoms with Crippen molar-refractivity contribution in [2.75, 3.05) is 6.54 Å². The lowest BCUT2D eigenvalue weighted by Crippen LogP contribution is -2.25. The molecule has 0 saturated heterocycles. The molecule has 2 aromatic carbocycles. The molecule has 0 aliphatic heterocycles. The third-order valence-electron chi connectivity index (χ3n) is 3.80. The number of benzene rings is 2. The molecule has 0 radical (unpaired) electrons.